The highest BCUT2D eigenvalue weighted by molar-refractivity contribution is 5.80. The van der Waals surface area contributed by atoms with Gasteiger partial charge < -0.3 is 10.1 Å². The van der Waals surface area contributed by atoms with Crippen LogP contribution in [0.5, 0.6) is 5.75 Å². The second kappa shape index (κ2) is 4.80. The molecule has 0 radical (unpaired) electrons. The first kappa shape index (κ1) is 13.5. The zero-order valence-electron chi connectivity index (χ0n) is 11.0. The van der Waals surface area contributed by atoms with E-state index in [4.69, 9.17) is 0 Å². The number of aromatic hydroxyl groups is 1. The van der Waals surface area contributed by atoms with Gasteiger partial charge in [0.25, 0.3) is 0 Å². The molecule has 0 bridgehead atoms. The minimum Gasteiger partial charge on any atom is -0.503 e. The molecule has 2 N–H and O–H groups in total. The summed E-state index contributed by atoms with van der Waals surface area (Å²) in [5.41, 5.74) is 1.98. The van der Waals surface area contributed by atoms with Gasteiger partial charge >= 0.3 is 0 Å². The second-order valence-electron chi connectivity index (χ2n) is 4.67. The Morgan fingerprint density at radius 3 is 2.62 bits per heavy atom. The number of aromatic nitrogens is 2. The lowest BCUT2D eigenvalue weighted by Gasteiger charge is -2.03. The number of phenolic OH excluding ortho intramolecular Hbond substituents is 1. The molecule has 1 heterocycles. The van der Waals surface area contributed by atoms with Gasteiger partial charge in [0.05, 0.1) is 16.6 Å². The topological polar surface area (TPSA) is 48.9 Å². The number of hydrogen-bond acceptors (Lipinski definition) is 2. The molecule has 1 aromatic heterocycles. The van der Waals surface area contributed by atoms with Crippen LogP contribution in [0.25, 0.3) is 22.4 Å². The average molecular weight is 292 g/mol. The number of rotatable bonds is 2. The number of imidazole rings is 1. The van der Waals surface area contributed by atoms with Gasteiger partial charge in [-0.3, -0.25) is 0 Å². The smallest absolute Gasteiger partial charge is 0.203 e. The number of aryl methyl sites for hydroxylation is 1. The van der Waals surface area contributed by atoms with Crippen molar-refractivity contribution in [2.24, 2.45) is 0 Å². The molecule has 6 heteroatoms. The second-order valence-corrected chi connectivity index (χ2v) is 4.67. The summed E-state index contributed by atoms with van der Waals surface area (Å²) in [5, 5.41) is 9.25. The lowest BCUT2D eigenvalue weighted by atomic mass is 10.1. The van der Waals surface area contributed by atoms with E-state index < -0.39 is 23.2 Å². The van der Waals surface area contributed by atoms with Crippen LogP contribution in [0, 0.1) is 17.5 Å². The highest BCUT2D eigenvalue weighted by atomic mass is 19.2. The van der Waals surface area contributed by atoms with Crippen molar-refractivity contribution < 1.29 is 18.3 Å². The molecular formula is C15H11F3N2O. The minimum absolute atomic E-state index is 0.0324. The molecule has 0 aliphatic rings. The van der Waals surface area contributed by atoms with Crippen LogP contribution in [0.4, 0.5) is 13.2 Å². The Bertz CT molecular complexity index is 843. The number of fused-ring (bicyclic) bond motifs is 1. The molecule has 0 aliphatic heterocycles. The fraction of sp³-hybridized carbons (Fsp3) is 0.133. The molecule has 0 aliphatic carbocycles. The normalized spacial score (nSPS) is 11.2. The van der Waals surface area contributed by atoms with E-state index in [0.29, 0.717) is 17.1 Å². The summed E-state index contributed by atoms with van der Waals surface area (Å²) in [6.07, 6.45) is 0.824. The van der Waals surface area contributed by atoms with Crippen molar-refractivity contribution in [3.8, 4) is 17.1 Å². The quantitative estimate of drug-likeness (QED) is 0.703. The van der Waals surface area contributed by atoms with Crippen molar-refractivity contribution in [1.29, 1.82) is 0 Å². The molecule has 2 aromatic carbocycles. The molecule has 0 saturated carbocycles. The number of phenols is 1. The van der Waals surface area contributed by atoms with E-state index in [0.717, 1.165) is 12.0 Å². The van der Waals surface area contributed by atoms with E-state index in [-0.39, 0.29) is 11.4 Å². The van der Waals surface area contributed by atoms with E-state index in [1.54, 1.807) is 6.07 Å². The minimum atomic E-state index is -1.61. The number of aromatic amines is 1. The highest BCUT2D eigenvalue weighted by Gasteiger charge is 2.21. The maximum absolute atomic E-state index is 13.9. The lowest BCUT2D eigenvalue weighted by molar-refractivity contribution is 0.377. The zero-order chi connectivity index (χ0) is 15.1. The fourth-order valence-electron chi connectivity index (χ4n) is 2.17. The largest absolute Gasteiger partial charge is 0.503 e. The first-order valence-electron chi connectivity index (χ1n) is 6.36. The predicted molar refractivity (Wildman–Crippen MR) is 72.4 cm³/mol. The van der Waals surface area contributed by atoms with Crippen LogP contribution in [-0.4, -0.2) is 15.1 Å². The van der Waals surface area contributed by atoms with Gasteiger partial charge in [-0.05, 0) is 30.2 Å². The van der Waals surface area contributed by atoms with Crippen molar-refractivity contribution in [1.82, 2.24) is 9.97 Å². The van der Waals surface area contributed by atoms with Crippen LogP contribution in [0.15, 0.2) is 24.3 Å². The molecule has 3 aromatic rings. The van der Waals surface area contributed by atoms with Gasteiger partial charge in [0.15, 0.2) is 17.4 Å². The molecule has 0 saturated heterocycles. The number of hydrogen-bond donors (Lipinski definition) is 2. The van der Waals surface area contributed by atoms with Crippen LogP contribution < -0.4 is 0 Å². The molecule has 3 rings (SSSR count). The lowest BCUT2D eigenvalue weighted by Crippen LogP contribution is -1.94. The Morgan fingerprint density at radius 1 is 1.14 bits per heavy atom. The summed E-state index contributed by atoms with van der Waals surface area (Å²) in [4.78, 5) is 6.99. The summed E-state index contributed by atoms with van der Waals surface area (Å²) in [6.45, 7) is 1.99. The van der Waals surface area contributed by atoms with E-state index >= 15 is 0 Å². The van der Waals surface area contributed by atoms with E-state index in [2.05, 4.69) is 9.97 Å². The number of H-pyrrole nitrogens is 1. The Kier molecular flexibility index (Phi) is 3.08. The molecule has 0 fully saturated rings. The Balaban J connectivity index is 2.21. The van der Waals surface area contributed by atoms with Gasteiger partial charge in [-0.15, -0.1) is 0 Å². The van der Waals surface area contributed by atoms with Gasteiger partial charge in [-0.2, -0.15) is 4.39 Å². The van der Waals surface area contributed by atoms with Crippen molar-refractivity contribution >= 4 is 11.0 Å². The van der Waals surface area contributed by atoms with Gasteiger partial charge in [0.1, 0.15) is 5.82 Å². The van der Waals surface area contributed by atoms with E-state index in [9.17, 15) is 18.3 Å². The van der Waals surface area contributed by atoms with Crippen LogP contribution in [-0.2, 0) is 6.42 Å². The fourth-order valence-corrected chi connectivity index (χ4v) is 2.17. The molecule has 0 amide bonds. The number of nitrogens with zero attached hydrogens (tertiary/aromatic N) is 1. The Labute approximate surface area is 118 Å². The molecule has 0 unspecified atom stereocenters. The van der Waals surface area contributed by atoms with Crippen LogP contribution >= 0.6 is 0 Å². The first-order chi connectivity index (χ1) is 10.0. The van der Waals surface area contributed by atoms with Crippen molar-refractivity contribution in [3.05, 3.63) is 47.3 Å². The van der Waals surface area contributed by atoms with E-state index in [1.807, 2.05) is 19.1 Å². The average Bonchev–Trinajstić information content (AvgIpc) is 2.91. The maximum atomic E-state index is 13.9. The molecule has 108 valence electrons. The zero-order valence-corrected chi connectivity index (χ0v) is 11.0. The van der Waals surface area contributed by atoms with E-state index in [1.165, 1.54) is 0 Å². The molecule has 21 heavy (non-hydrogen) atoms. The van der Waals surface area contributed by atoms with Gasteiger partial charge in [0.2, 0.25) is 5.82 Å². The summed E-state index contributed by atoms with van der Waals surface area (Å²) < 4.78 is 40.3. The standard InChI is InChI=1S/C15H11F3N2O/c1-2-7-3-4-10-11(5-7)20-15(19-10)8-6-9(16)13(18)14(21)12(8)17/h3-6,21H,2H2,1H3,(H,19,20). The van der Waals surface area contributed by atoms with Crippen LogP contribution in [0.1, 0.15) is 12.5 Å². The third-order valence-corrected chi connectivity index (χ3v) is 3.34. The monoisotopic (exact) mass is 292 g/mol. The SMILES string of the molecule is CCc1ccc2nc(-c3cc(F)c(F)c(O)c3F)[nH]c2c1. The van der Waals surface area contributed by atoms with Gasteiger partial charge in [-0.25, -0.2) is 13.8 Å². The van der Waals surface area contributed by atoms with Crippen molar-refractivity contribution in [2.45, 2.75) is 13.3 Å². The highest BCUT2D eigenvalue weighted by Crippen LogP contribution is 2.32. The maximum Gasteiger partial charge on any atom is 0.203 e. The molecule has 3 nitrogen and oxygen atoms in total. The summed E-state index contributed by atoms with van der Waals surface area (Å²) >= 11 is 0. The molecule has 0 atom stereocenters. The predicted octanol–water partition coefficient (Wildman–Crippen LogP) is 3.92. The summed E-state index contributed by atoms with van der Waals surface area (Å²) in [7, 11) is 0. The van der Waals surface area contributed by atoms with Crippen molar-refractivity contribution in [3.63, 3.8) is 0 Å². The Morgan fingerprint density at radius 2 is 1.90 bits per heavy atom. The first-order valence-corrected chi connectivity index (χ1v) is 6.36. The molecular weight excluding hydrogens is 281 g/mol. The van der Waals surface area contributed by atoms with Crippen molar-refractivity contribution in [2.75, 3.05) is 0 Å². The van der Waals surface area contributed by atoms with Crippen LogP contribution in [0.3, 0.4) is 0 Å². The summed E-state index contributed by atoms with van der Waals surface area (Å²) in [5.74, 6) is -5.51. The summed E-state index contributed by atoms with van der Waals surface area (Å²) in [6, 6.07) is 6.16. The number of halogens is 3. The number of nitrogens with one attached hydrogen (secondary N) is 1. The van der Waals surface area contributed by atoms with Crippen LogP contribution in [0.2, 0.25) is 0 Å². The van der Waals surface area contributed by atoms with Gasteiger partial charge in [-0.1, -0.05) is 13.0 Å². The van der Waals surface area contributed by atoms with Gasteiger partial charge in [0, 0.05) is 0 Å². The third kappa shape index (κ3) is 2.12. The molecule has 0 spiro atoms. The Hall–Kier alpha value is -2.50. The number of benzene rings is 2. The third-order valence-electron chi connectivity index (χ3n) is 3.34.